The lowest BCUT2D eigenvalue weighted by Gasteiger charge is -2.12. The lowest BCUT2D eigenvalue weighted by molar-refractivity contribution is 0.394. The lowest BCUT2D eigenvalue weighted by Crippen LogP contribution is -2.37. The maximum Gasteiger partial charge on any atom is 0.191 e. The number of aliphatic imine (C=N–C) groups is 1. The second-order valence-corrected chi connectivity index (χ2v) is 3.95. The van der Waals surface area contributed by atoms with Crippen LogP contribution in [0.5, 0.6) is 0 Å². The molecule has 74 valence electrons. The summed E-state index contributed by atoms with van der Waals surface area (Å²) in [4.78, 5) is 6.68. The van der Waals surface area contributed by atoms with Crippen LogP contribution in [0.15, 0.2) is 4.99 Å². The first-order chi connectivity index (χ1) is 6.34. The van der Waals surface area contributed by atoms with Gasteiger partial charge in [0.15, 0.2) is 5.96 Å². The molecule has 0 amide bonds. The minimum Gasteiger partial charge on any atom is -0.356 e. The van der Waals surface area contributed by atoms with Crippen LogP contribution in [0.3, 0.4) is 0 Å². The summed E-state index contributed by atoms with van der Waals surface area (Å²) < 4.78 is 0. The third-order valence-corrected chi connectivity index (χ3v) is 2.72. The summed E-state index contributed by atoms with van der Waals surface area (Å²) in [6, 6.07) is 0. The molecule has 0 radical (unpaired) electrons. The summed E-state index contributed by atoms with van der Waals surface area (Å²) in [5, 5.41) is 6.57. The highest BCUT2D eigenvalue weighted by atomic mass is 15.2. The van der Waals surface area contributed by atoms with E-state index in [1.165, 1.54) is 19.5 Å². The molecular formula is C9H18N4. The van der Waals surface area contributed by atoms with E-state index in [2.05, 4.69) is 27.6 Å². The molecule has 0 bridgehead atoms. The van der Waals surface area contributed by atoms with E-state index < -0.39 is 0 Å². The van der Waals surface area contributed by atoms with Crippen molar-refractivity contribution < 1.29 is 0 Å². The average molecular weight is 182 g/mol. The van der Waals surface area contributed by atoms with E-state index in [4.69, 9.17) is 0 Å². The number of nitrogens with zero attached hydrogens (tertiary/aromatic N) is 2. The summed E-state index contributed by atoms with van der Waals surface area (Å²) in [6.45, 7) is 5.45. The van der Waals surface area contributed by atoms with Crippen LogP contribution >= 0.6 is 0 Å². The van der Waals surface area contributed by atoms with Crippen molar-refractivity contribution in [3.05, 3.63) is 0 Å². The number of rotatable bonds is 2. The van der Waals surface area contributed by atoms with Gasteiger partial charge < -0.3 is 15.5 Å². The summed E-state index contributed by atoms with van der Waals surface area (Å²) in [5.74, 6) is 1.80. The van der Waals surface area contributed by atoms with Gasteiger partial charge in [0, 0.05) is 19.6 Å². The fourth-order valence-corrected chi connectivity index (χ4v) is 1.95. The minimum absolute atomic E-state index is 0.801. The van der Waals surface area contributed by atoms with E-state index in [0.717, 1.165) is 31.5 Å². The molecule has 1 saturated heterocycles. The second kappa shape index (κ2) is 3.96. The van der Waals surface area contributed by atoms with Crippen LogP contribution in [-0.2, 0) is 0 Å². The second-order valence-electron chi connectivity index (χ2n) is 3.95. The average Bonchev–Trinajstić information content (AvgIpc) is 2.71. The zero-order valence-electron chi connectivity index (χ0n) is 8.21. The first-order valence-corrected chi connectivity index (χ1v) is 5.05. The fraction of sp³-hybridized carbons (Fsp3) is 0.889. The van der Waals surface area contributed by atoms with Gasteiger partial charge in [-0.3, -0.25) is 4.99 Å². The molecule has 1 unspecified atom stereocenters. The van der Waals surface area contributed by atoms with Crippen LogP contribution in [-0.4, -0.2) is 50.6 Å². The highest BCUT2D eigenvalue weighted by molar-refractivity contribution is 5.81. The molecule has 4 nitrogen and oxygen atoms in total. The molecule has 0 aliphatic carbocycles. The Labute approximate surface area is 79.4 Å². The van der Waals surface area contributed by atoms with Gasteiger partial charge in [-0.25, -0.2) is 0 Å². The van der Waals surface area contributed by atoms with Crippen LogP contribution in [0.4, 0.5) is 0 Å². The van der Waals surface area contributed by atoms with Gasteiger partial charge in [-0.1, -0.05) is 0 Å². The number of hydrogen-bond acceptors (Lipinski definition) is 4. The van der Waals surface area contributed by atoms with Crippen LogP contribution in [0.25, 0.3) is 0 Å². The lowest BCUT2D eigenvalue weighted by atomic mass is 10.1. The van der Waals surface area contributed by atoms with Gasteiger partial charge in [0.2, 0.25) is 0 Å². The Kier molecular flexibility index (Phi) is 2.68. The van der Waals surface area contributed by atoms with Crippen LogP contribution in [0.1, 0.15) is 6.42 Å². The highest BCUT2D eigenvalue weighted by Gasteiger charge is 2.19. The molecule has 0 aromatic carbocycles. The summed E-state index contributed by atoms with van der Waals surface area (Å²) >= 11 is 0. The molecule has 13 heavy (non-hydrogen) atoms. The third kappa shape index (κ3) is 2.34. The topological polar surface area (TPSA) is 39.7 Å². The van der Waals surface area contributed by atoms with Gasteiger partial charge in [0.05, 0.1) is 6.54 Å². The van der Waals surface area contributed by atoms with Crippen molar-refractivity contribution in [2.45, 2.75) is 6.42 Å². The van der Waals surface area contributed by atoms with Crippen molar-refractivity contribution in [2.24, 2.45) is 10.9 Å². The summed E-state index contributed by atoms with van der Waals surface area (Å²) in [7, 11) is 2.19. The predicted octanol–water partition coefficient (Wildman–Crippen LogP) is -0.513. The van der Waals surface area contributed by atoms with Gasteiger partial charge >= 0.3 is 0 Å². The summed E-state index contributed by atoms with van der Waals surface area (Å²) in [5.41, 5.74) is 0. The molecule has 0 aromatic heterocycles. The molecular weight excluding hydrogens is 164 g/mol. The molecule has 2 aliphatic rings. The van der Waals surface area contributed by atoms with Crippen molar-refractivity contribution >= 4 is 5.96 Å². The zero-order valence-corrected chi connectivity index (χ0v) is 8.21. The largest absolute Gasteiger partial charge is 0.356 e. The normalized spacial score (nSPS) is 28.7. The molecule has 0 aromatic rings. The Hall–Kier alpha value is -0.770. The predicted molar refractivity (Wildman–Crippen MR) is 53.9 cm³/mol. The molecule has 1 atom stereocenters. The molecule has 2 heterocycles. The first kappa shape index (κ1) is 8.81. The molecule has 0 spiro atoms. The Morgan fingerprint density at radius 3 is 3.23 bits per heavy atom. The zero-order chi connectivity index (χ0) is 9.10. The van der Waals surface area contributed by atoms with Crippen LogP contribution in [0.2, 0.25) is 0 Å². The minimum atomic E-state index is 0.801. The van der Waals surface area contributed by atoms with E-state index in [1.54, 1.807) is 0 Å². The quantitative estimate of drug-likeness (QED) is 0.604. The van der Waals surface area contributed by atoms with E-state index >= 15 is 0 Å². The molecule has 2 aliphatic heterocycles. The maximum absolute atomic E-state index is 4.30. The fourth-order valence-electron chi connectivity index (χ4n) is 1.95. The van der Waals surface area contributed by atoms with Crippen LogP contribution < -0.4 is 10.6 Å². The SMILES string of the molecule is CN1CCC(CNC2=NCCN2)C1. The first-order valence-electron chi connectivity index (χ1n) is 5.05. The monoisotopic (exact) mass is 182 g/mol. The summed E-state index contributed by atoms with van der Waals surface area (Å²) in [6.07, 6.45) is 1.32. The van der Waals surface area contributed by atoms with Gasteiger partial charge in [-0.05, 0) is 25.9 Å². The number of nitrogens with one attached hydrogen (secondary N) is 2. The van der Waals surface area contributed by atoms with E-state index in [9.17, 15) is 0 Å². The molecule has 0 saturated carbocycles. The van der Waals surface area contributed by atoms with Gasteiger partial charge in [-0.15, -0.1) is 0 Å². The van der Waals surface area contributed by atoms with E-state index in [-0.39, 0.29) is 0 Å². The van der Waals surface area contributed by atoms with Gasteiger partial charge in [0.1, 0.15) is 0 Å². The van der Waals surface area contributed by atoms with Crippen molar-refractivity contribution in [3.8, 4) is 0 Å². The third-order valence-electron chi connectivity index (χ3n) is 2.72. The van der Waals surface area contributed by atoms with Crippen molar-refractivity contribution in [1.82, 2.24) is 15.5 Å². The maximum atomic E-state index is 4.30. The Morgan fingerprint density at radius 1 is 1.69 bits per heavy atom. The standard InChI is InChI=1S/C9H18N4/c1-13-5-2-8(7-13)6-12-9-10-3-4-11-9/h8H,2-7H2,1H3,(H2,10,11,12). The van der Waals surface area contributed by atoms with Crippen molar-refractivity contribution in [3.63, 3.8) is 0 Å². The Morgan fingerprint density at radius 2 is 2.62 bits per heavy atom. The van der Waals surface area contributed by atoms with Gasteiger partial charge in [-0.2, -0.15) is 0 Å². The number of hydrogen-bond donors (Lipinski definition) is 2. The number of guanidine groups is 1. The molecule has 2 N–H and O–H groups in total. The van der Waals surface area contributed by atoms with E-state index in [1.807, 2.05) is 0 Å². The Bertz CT molecular complexity index is 202. The van der Waals surface area contributed by atoms with E-state index in [0.29, 0.717) is 0 Å². The van der Waals surface area contributed by atoms with Crippen LogP contribution in [0, 0.1) is 5.92 Å². The Balaban J connectivity index is 1.67. The number of likely N-dealkylation sites (tertiary alicyclic amines) is 1. The van der Waals surface area contributed by atoms with Gasteiger partial charge in [0.25, 0.3) is 0 Å². The molecule has 4 heteroatoms. The molecule has 1 fully saturated rings. The van der Waals surface area contributed by atoms with Crippen molar-refractivity contribution in [2.75, 3.05) is 39.8 Å². The molecule has 2 rings (SSSR count). The smallest absolute Gasteiger partial charge is 0.191 e. The van der Waals surface area contributed by atoms with Crippen molar-refractivity contribution in [1.29, 1.82) is 0 Å². The highest BCUT2D eigenvalue weighted by Crippen LogP contribution is 2.12.